The minimum Gasteiger partial charge on any atom is -0.480 e. The molecular formula is C16H14N2O3. The second-order valence-electron chi connectivity index (χ2n) is 4.36. The molecule has 0 saturated heterocycles. The Morgan fingerprint density at radius 2 is 1.52 bits per heavy atom. The average Bonchev–Trinajstić information content (AvgIpc) is 2.53. The molecule has 0 bridgehead atoms. The van der Waals surface area contributed by atoms with Gasteiger partial charge < -0.3 is 10.0 Å². The van der Waals surface area contributed by atoms with Crippen molar-refractivity contribution in [2.45, 2.75) is 6.04 Å². The Morgan fingerprint density at radius 1 is 1.05 bits per heavy atom. The highest BCUT2D eigenvalue weighted by molar-refractivity contribution is 5.77. The van der Waals surface area contributed by atoms with Crippen LogP contribution in [0.4, 0.5) is 11.4 Å². The van der Waals surface area contributed by atoms with Gasteiger partial charge in [-0.15, -0.1) is 0 Å². The predicted octanol–water partition coefficient (Wildman–Crippen LogP) is 2.61. The van der Waals surface area contributed by atoms with E-state index >= 15 is 0 Å². The topological polar surface area (TPSA) is 70.0 Å². The number of carbonyl (C=O) groups excluding carboxylic acids is 1. The summed E-state index contributed by atoms with van der Waals surface area (Å²) in [5, 5.41) is 9.15. The molecule has 0 fully saturated rings. The fourth-order valence-electron chi connectivity index (χ4n) is 1.99. The summed E-state index contributed by atoms with van der Waals surface area (Å²) in [6.45, 7) is 0.0542. The SMILES string of the molecule is O=C=NC(CN(c1ccccc1)c1ccccc1)C(=O)O. The van der Waals surface area contributed by atoms with Crippen molar-refractivity contribution in [1.29, 1.82) is 0 Å². The Hall–Kier alpha value is -2.91. The maximum atomic E-state index is 11.2. The minimum atomic E-state index is -1.16. The Labute approximate surface area is 122 Å². The quantitative estimate of drug-likeness (QED) is 0.653. The number of isocyanates is 1. The van der Waals surface area contributed by atoms with Gasteiger partial charge in [-0.1, -0.05) is 36.4 Å². The van der Waals surface area contributed by atoms with E-state index in [0.29, 0.717) is 0 Å². The Kier molecular flexibility index (Phi) is 4.85. The largest absolute Gasteiger partial charge is 0.480 e. The zero-order valence-corrected chi connectivity index (χ0v) is 11.2. The lowest BCUT2D eigenvalue weighted by molar-refractivity contribution is -0.138. The number of carbonyl (C=O) groups is 1. The first-order chi connectivity index (χ1) is 10.2. The van der Waals surface area contributed by atoms with Crippen LogP contribution in [0.1, 0.15) is 0 Å². The highest BCUT2D eigenvalue weighted by Crippen LogP contribution is 2.25. The second kappa shape index (κ2) is 7.03. The molecule has 2 aromatic carbocycles. The third-order valence-electron chi connectivity index (χ3n) is 2.98. The summed E-state index contributed by atoms with van der Waals surface area (Å²) in [5.74, 6) is -1.16. The van der Waals surface area contributed by atoms with Crippen molar-refractivity contribution in [3.63, 3.8) is 0 Å². The molecule has 2 rings (SSSR count). The van der Waals surface area contributed by atoms with Crippen LogP contribution in [0.15, 0.2) is 65.7 Å². The molecule has 21 heavy (non-hydrogen) atoms. The number of carboxylic acids is 1. The standard InChI is InChI=1S/C16H14N2O3/c19-12-17-15(16(20)21)11-18(13-7-3-1-4-8-13)14-9-5-2-6-10-14/h1-10,15H,11H2,(H,20,21). The van der Waals surface area contributed by atoms with Gasteiger partial charge in [-0.05, 0) is 24.3 Å². The summed E-state index contributed by atoms with van der Waals surface area (Å²) in [5.41, 5.74) is 1.66. The Morgan fingerprint density at radius 3 is 1.90 bits per heavy atom. The first-order valence-electron chi connectivity index (χ1n) is 6.40. The monoisotopic (exact) mass is 282 g/mol. The van der Waals surface area contributed by atoms with Crippen LogP contribution in [0.3, 0.4) is 0 Å². The van der Waals surface area contributed by atoms with Gasteiger partial charge in [-0.25, -0.2) is 9.59 Å². The lowest BCUT2D eigenvalue weighted by Crippen LogP contribution is -2.33. The third-order valence-corrected chi connectivity index (χ3v) is 2.98. The maximum Gasteiger partial charge on any atom is 0.331 e. The van der Waals surface area contributed by atoms with Crippen LogP contribution in [0.25, 0.3) is 0 Å². The summed E-state index contributed by atoms with van der Waals surface area (Å²) in [7, 11) is 0. The van der Waals surface area contributed by atoms with Crippen molar-refractivity contribution in [2.75, 3.05) is 11.4 Å². The van der Waals surface area contributed by atoms with Crippen LogP contribution in [0.2, 0.25) is 0 Å². The van der Waals surface area contributed by atoms with Crippen LogP contribution >= 0.6 is 0 Å². The van der Waals surface area contributed by atoms with Crippen molar-refractivity contribution in [2.24, 2.45) is 4.99 Å². The van der Waals surface area contributed by atoms with E-state index in [2.05, 4.69) is 4.99 Å². The average molecular weight is 282 g/mol. The number of anilines is 2. The number of aliphatic carboxylic acids is 1. The molecule has 1 unspecified atom stereocenters. The molecule has 106 valence electrons. The molecule has 0 amide bonds. The minimum absolute atomic E-state index is 0.0542. The molecule has 0 saturated carbocycles. The molecule has 0 aliphatic heterocycles. The number of aliphatic imine (C=N–C) groups is 1. The van der Waals surface area contributed by atoms with Crippen molar-refractivity contribution in [3.8, 4) is 0 Å². The molecule has 0 aliphatic rings. The zero-order valence-electron chi connectivity index (χ0n) is 11.2. The smallest absolute Gasteiger partial charge is 0.331 e. The van der Waals surface area contributed by atoms with Gasteiger partial charge in [-0.2, -0.15) is 4.99 Å². The molecule has 5 nitrogen and oxygen atoms in total. The molecule has 0 heterocycles. The summed E-state index contributed by atoms with van der Waals surface area (Å²) in [6, 6.07) is 17.5. The van der Waals surface area contributed by atoms with Crippen LogP contribution in [-0.4, -0.2) is 29.7 Å². The molecule has 1 atom stereocenters. The first kappa shape index (κ1) is 14.5. The fourth-order valence-corrected chi connectivity index (χ4v) is 1.99. The van der Waals surface area contributed by atoms with Crippen LogP contribution in [0, 0.1) is 0 Å². The van der Waals surface area contributed by atoms with Gasteiger partial charge in [0.2, 0.25) is 6.08 Å². The maximum absolute atomic E-state index is 11.2. The number of hydrogen-bond acceptors (Lipinski definition) is 4. The Bertz CT molecular complexity index is 596. The van der Waals surface area contributed by atoms with Gasteiger partial charge in [0.15, 0.2) is 6.04 Å². The molecular weight excluding hydrogens is 268 g/mol. The molecule has 0 aromatic heterocycles. The molecule has 0 aliphatic carbocycles. The number of nitrogens with zero attached hydrogens (tertiary/aromatic N) is 2. The summed E-state index contributed by atoms with van der Waals surface area (Å²) >= 11 is 0. The van der Waals surface area contributed by atoms with Crippen molar-refractivity contribution >= 4 is 23.4 Å². The van der Waals surface area contributed by atoms with E-state index in [1.54, 1.807) is 4.90 Å². The van der Waals surface area contributed by atoms with E-state index in [1.807, 2.05) is 60.7 Å². The van der Waals surface area contributed by atoms with Gasteiger partial charge in [0.1, 0.15) is 0 Å². The van der Waals surface area contributed by atoms with Crippen molar-refractivity contribution in [3.05, 3.63) is 60.7 Å². The molecule has 0 radical (unpaired) electrons. The van der Waals surface area contributed by atoms with E-state index in [1.165, 1.54) is 6.08 Å². The lowest BCUT2D eigenvalue weighted by atomic mass is 10.2. The lowest BCUT2D eigenvalue weighted by Gasteiger charge is -2.26. The van der Waals surface area contributed by atoms with Crippen molar-refractivity contribution in [1.82, 2.24) is 0 Å². The predicted molar refractivity (Wildman–Crippen MR) is 79.4 cm³/mol. The summed E-state index contributed by atoms with van der Waals surface area (Å²) in [4.78, 5) is 26.8. The first-order valence-corrected chi connectivity index (χ1v) is 6.40. The van der Waals surface area contributed by atoms with E-state index in [4.69, 9.17) is 5.11 Å². The van der Waals surface area contributed by atoms with Gasteiger partial charge >= 0.3 is 5.97 Å². The van der Waals surface area contributed by atoms with E-state index in [9.17, 15) is 9.59 Å². The molecule has 1 N–H and O–H groups in total. The number of carboxylic acid groups (broad SMARTS) is 1. The van der Waals surface area contributed by atoms with Crippen LogP contribution in [-0.2, 0) is 9.59 Å². The highest BCUT2D eigenvalue weighted by Gasteiger charge is 2.21. The van der Waals surface area contributed by atoms with Crippen LogP contribution < -0.4 is 4.90 Å². The number of benzene rings is 2. The van der Waals surface area contributed by atoms with Gasteiger partial charge in [0.25, 0.3) is 0 Å². The van der Waals surface area contributed by atoms with Gasteiger partial charge in [0, 0.05) is 11.4 Å². The summed E-state index contributed by atoms with van der Waals surface area (Å²) in [6.07, 6.45) is 1.32. The van der Waals surface area contributed by atoms with E-state index in [0.717, 1.165) is 11.4 Å². The van der Waals surface area contributed by atoms with E-state index < -0.39 is 12.0 Å². The normalized spacial score (nSPS) is 11.2. The van der Waals surface area contributed by atoms with Crippen molar-refractivity contribution < 1.29 is 14.7 Å². The third kappa shape index (κ3) is 3.78. The number of rotatable bonds is 6. The summed E-state index contributed by atoms with van der Waals surface area (Å²) < 4.78 is 0. The second-order valence-corrected chi connectivity index (χ2v) is 4.36. The fraction of sp³-hybridized carbons (Fsp3) is 0.125. The molecule has 2 aromatic rings. The highest BCUT2D eigenvalue weighted by atomic mass is 16.4. The van der Waals surface area contributed by atoms with E-state index in [-0.39, 0.29) is 6.54 Å². The van der Waals surface area contributed by atoms with Gasteiger partial charge in [0.05, 0.1) is 6.54 Å². The molecule has 5 heteroatoms. The zero-order chi connectivity index (χ0) is 15.1. The Balaban J connectivity index is 2.37. The van der Waals surface area contributed by atoms with Crippen LogP contribution in [0.5, 0.6) is 0 Å². The number of hydrogen-bond donors (Lipinski definition) is 1. The number of para-hydroxylation sites is 2. The molecule has 0 spiro atoms. The van der Waals surface area contributed by atoms with Gasteiger partial charge in [-0.3, -0.25) is 0 Å².